The lowest BCUT2D eigenvalue weighted by Crippen LogP contribution is -2.25. The normalized spacial score (nSPS) is 11.2. The van der Waals surface area contributed by atoms with Crippen molar-refractivity contribution in [1.82, 2.24) is 5.43 Å². The van der Waals surface area contributed by atoms with Crippen molar-refractivity contribution in [3.05, 3.63) is 59.4 Å². The molecule has 2 rings (SSSR count). The van der Waals surface area contributed by atoms with Crippen molar-refractivity contribution in [3.63, 3.8) is 0 Å². The zero-order chi connectivity index (χ0) is 18.9. The highest BCUT2D eigenvalue weighted by molar-refractivity contribution is 5.99. The molecule has 1 N–H and O–H groups in total. The topological polar surface area (TPSA) is 69.2 Å². The number of hydrogen-bond donors (Lipinski definition) is 1. The molecular formula is C19H21FN2O4. The van der Waals surface area contributed by atoms with E-state index in [1.807, 2.05) is 18.2 Å². The Morgan fingerprint density at radius 1 is 1.15 bits per heavy atom. The molecule has 0 saturated carbocycles. The zero-order valence-corrected chi connectivity index (χ0v) is 14.9. The molecule has 0 bridgehead atoms. The standard InChI is InChI=1S/C19H21FN2O4/c1-13(14-4-9-18(25-3)15(10-14)11-24-2)21-22-19(23)12-26-17-7-5-16(20)6-8-17/h4-10H,11-12H2,1-3H3,(H,22,23)/b21-13-. The molecule has 0 heterocycles. The Kier molecular flexibility index (Phi) is 7.11. The van der Waals surface area contributed by atoms with E-state index in [9.17, 15) is 9.18 Å². The van der Waals surface area contributed by atoms with E-state index >= 15 is 0 Å². The quantitative estimate of drug-likeness (QED) is 0.581. The number of hydrazone groups is 1. The SMILES string of the molecule is COCc1cc(/C(C)=N\NC(=O)COc2ccc(F)cc2)ccc1OC. The summed E-state index contributed by atoms with van der Waals surface area (Å²) in [4.78, 5) is 11.8. The Hall–Kier alpha value is -2.93. The van der Waals surface area contributed by atoms with Gasteiger partial charge in [0.2, 0.25) is 0 Å². The lowest BCUT2D eigenvalue weighted by Gasteiger charge is -2.10. The highest BCUT2D eigenvalue weighted by Gasteiger charge is 2.07. The minimum atomic E-state index is -0.417. The fourth-order valence-corrected chi connectivity index (χ4v) is 2.19. The van der Waals surface area contributed by atoms with Gasteiger partial charge in [0, 0.05) is 12.7 Å². The van der Waals surface area contributed by atoms with Gasteiger partial charge >= 0.3 is 0 Å². The fraction of sp³-hybridized carbons (Fsp3) is 0.263. The third-order valence-electron chi connectivity index (χ3n) is 3.53. The van der Waals surface area contributed by atoms with E-state index in [4.69, 9.17) is 14.2 Å². The van der Waals surface area contributed by atoms with Gasteiger partial charge in [-0.25, -0.2) is 9.82 Å². The van der Waals surface area contributed by atoms with Gasteiger partial charge in [0.15, 0.2) is 6.61 Å². The summed E-state index contributed by atoms with van der Waals surface area (Å²) in [6.07, 6.45) is 0. The molecule has 0 radical (unpaired) electrons. The van der Waals surface area contributed by atoms with E-state index in [-0.39, 0.29) is 12.4 Å². The number of hydrogen-bond acceptors (Lipinski definition) is 5. The lowest BCUT2D eigenvalue weighted by atomic mass is 10.1. The Morgan fingerprint density at radius 2 is 1.88 bits per heavy atom. The molecule has 7 heteroatoms. The third-order valence-corrected chi connectivity index (χ3v) is 3.53. The highest BCUT2D eigenvalue weighted by atomic mass is 19.1. The second kappa shape index (κ2) is 9.53. The predicted octanol–water partition coefficient (Wildman–Crippen LogP) is 2.90. The minimum absolute atomic E-state index is 0.222. The number of nitrogens with zero attached hydrogens (tertiary/aromatic N) is 1. The molecule has 26 heavy (non-hydrogen) atoms. The van der Waals surface area contributed by atoms with Crippen molar-refractivity contribution in [3.8, 4) is 11.5 Å². The molecule has 0 saturated heterocycles. The van der Waals surface area contributed by atoms with Crippen LogP contribution in [-0.2, 0) is 16.1 Å². The van der Waals surface area contributed by atoms with E-state index in [1.165, 1.54) is 24.3 Å². The summed E-state index contributed by atoms with van der Waals surface area (Å²) in [5.74, 6) is 0.343. The summed E-state index contributed by atoms with van der Waals surface area (Å²) < 4.78 is 28.5. The largest absolute Gasteiger partial charge is 0.496 e. The number of halogens is 1. The van der Waals surface area contributed by atoms with Crippen LogP contribution < -0.4 is 14.9 Å². The Bertz CT molecular complexity index is 776. The van der Waals surface area contributed by atoms with Crippen molar-refractivity contribution < 1.29 is 23.4 Å². The first kappa shape index (κ1) is 19.4. The summed E-state index contributed by atoms with van der Waals surface area (Å²) in [7, 11) is 3.20. The van der Waals surface area contributed by atoms with Gasteiger partial charge in [-0.3, -0.25) is 4.79 Å². The molecule has 2 aromatic carbocycles. The average Bonchev–Trinajstić information content (AvgIpc) is 2.65. The van der Waals surface area contributed by atoms with Gasteiger partial charge in [0.25, 0.3) is 5.91 Å². The zero-order valence-electron chi connectivity index (χ0n) is 14.9. The molecule has 6 nitrogen and oxygen atoms in total. The Balaban J connectivity index is 1.95. The van der Waals surface area contributed by atoms with E-state index in [0.29, 0.717) is 18.1 Å². The van der Waals surface area contributed by atoms with Crippen molar-refractivity contribution in [2.45, 2.75) is 13.5 Å². The van der Waals surface area contributed by atoms with Gasteiger partial charge in [0.1, 0.15) is 17.3 Å². The van der Waals surface area contributed by atoms with Crippen LogP contribution in [-0.4, -0.2) is 32.4 Å². The molecule has 2 aromatic rings. The maximum atomic E-state index is 12.8. The first-order chi connectivity index (χ1) is 12.5. The monoisotopic (exact) mass is 360 g/mol. The van der Waals surface area contributed by atoms with E-state index < -0.39 is 5.91 Å². The van der Waals surface area contributed by atoms with E-state index in [0.717, 1.165) is 16.9 Å². The molecule has 0 fully saturated rings. The van der Waals surface area contributed by atoms with Crippen LogP contribution in [0.4, 0.5) is 4.39 Å². The molecule has 1 amide bonds. The molecule has 0 atom stereocenters. The van der Waals surface area contributed by atoms with Crippen LogP contribution in [0.3, 0.4) is 0 Å². The number of benzene rings is 2. The molecular weight excluding hydrogens is 339 g/mol. The smallest absolute Gasteiger partial charge is 0.277 e. The number of amides is 1. The van der Waals surface area contributed by atoms with Gasteiger partial charge in [0.05, 0.1) is 19.4 Å². The third kappa shape index (κ3) is 5.56. The van der Waals surface area contributed by atoms with Gasteiger partial charge in [-0.2, -0.15) is 5.10 Å². The first-order valence-electron chi connectivity index (χ1n) is 7.91. The summed E-state index contributed by atoms with van der Waals surface area (Å²) in [6.45, 7) is 1.96. The molecule has 138 valence electrons. The molecule has 0 aliphatic heterocycles. The predicted molar refractivity (Wildman–Crippen MR) is 96.0 cm³/mol. The van der Waals surface area contributed by atoms with Crippen LogP contribution in [0.5, 0.6) is 11.5 Å². The van der Waals surface area contributed by atoms with Crippen LogP contribution in [0, 0.1) is 5.82 Å². The molecule has 0 aliphatic rings. The van der Waals surface area contributed by atoms with Crippen molar-refractivity contribution in [2.75, 3.05) is 20.8 Å². The van der Waals surface area contributed by atoms with Crippen LogP contribution >= 0.6 is 0 Å². The average molecular weight is 360 g/mol. The first-order valence-corrected chi connectivity index (χ1v) is 7.91. The molecule has 0 aromatic heterocycles. The van der Waals surface area contributed by atoms with Gasteiger partial charge in [-0.05, 0) is 55.0 Å². The Labute approximate surface area is 151 Å². The van der Waals surface area contributed by atoms with Crippen LogP contribution in [0.15, 0.2) is 47.6 Å². The number of ether oxygens (including phenoxy) is 3. The van der Waals surface area contributed by atoms with Crippen LogP contribution in [0.25, 0.3) is 0 Å². The summed E-state index contributed by atoms with van der Waals surface area (Å²) in [5.41, 5.74) is 4.77. The number of nitrogens with one attached hydrogen (secondary N) is 1. The Morgan fingerprint density at radius 3 is 2.54 bits per heavy atom. The second-order valence-electron chi connectivity index (χ2n) is 5.43. The van der Waals surface area contributed by atoms with Gasteiger partial charge < -0.3 is 14.2 Å². The minimum Gasteiger partial charge on any atom is -0.496 e. The van der Waals surface area contributed by atoms with Crippen LogP contribution in [0.2, 0.25) is 0 Å². The fourth-order valence-electron chi connectivity index (χ4n) is 2.19. The maximum absolute atomic E-state index is 12.8. The number of carbonyl (C=O) groups excluding carboxylic acids is 1. The maximum Gasteiger partial charge on any atom is 0.277 e. The van der Waals surface area contributed by atoms with E-state index in [2.05, 4.69) is 10.5 Å². The van der Waals surface area contributed by atoms with Crippen molar-refractivity contribution in [1.29, 1.82) is 0 Å². The van der Waals surface area contributed by atoms with Crippen molar-refractivity contribution in [2.24, 2.45) is 5.10 Å². The van der Waals surface area contributed by atoms with Crippen LogP contribution in [0.1, 0.15) is 18.1 Å². The molecule has 0 spiro atoms. The molecule has 0 unspecified atom stereocenters. The number of methoxy groups -OCH3 is 2. The summed E-state index contributed by atoms with van der Waals surface area (Å²) >= 11 is 0. The summed E-state index contributed by atoms with van der Waals surface area (Å²) in [6, 6.07) is 11.0. The van der Waals surface area contributed by atoms with Gasteiger partial charge in [-0.15, -0.1) is 0 Å². The number of carbonyl (C=O) groups is 1. The number of rotatable bonds is 8. The summed E-state index contributed by atoms with van der Waals surface area (Å²) in [5, 5.41) is 4.07. The second-order valence-corrected chi connectivity index (χ2v) is 5.43. The van der Waals surface area contributed by atoms with E-state index in [1.54, 1.807) is 21.1 Å². The lowest BCUT2D eigenvalue weighted by molar-refractivity contribution is -0.123. The van der Waals surface area contributed by atoms with Crippen molar-refractivity contribution >= 4 is 11.6 Å². The van der Waals surface area contributed by atoms with Gasteiger partial charge in [-0.1, -0.05) is 0 Å². The molecule has 0 aliphatic carbocycles. The highest BCUT2D eigenvalue weighted by Crippen LogP contribution is 2.21.